The van der Waals surface area contributed by atoms with Gasteiger partial charge in [-0.25, -0.2) is 4.98 Å². The van der Waals surface area contributed by atoms with Crippen molar-refractivity contribution >= 4 is 11.1 Å². The second-order valence-corrected chi connectivity index (χ2v) is 7.42. The summed E-state index contributed by atoms with van der Waals surface area (Å²) in [7, 11) is 0. The molecule has 0 spiro atoms. The third-order valence-electron chi connectivity index (χ3n) is 5.38. The molecule has 5 aromatic rings. The number of rotatable bonds is 3. The van der Waals surface area contributed by atoms with Crippen molar-refractivity contribution in [1.29, 1.82) is 0 Å². The van der Waals surface area contributed by atoms with Gasteiger partial charge in [-0.3, -0.25) is 0 Å². The zero-order valence-electron chi connectivity index (χ0n) is 16.5. The summed E-state index contributed by atoms with van der Waals surface area (Å²) in [6.07, 6.45) is 0. The lowest BCUT2D eigenvalue weighted by atomic mass is 10.0. The molecule has 0 aliphatic heterocycles. The van der Waals surface area contributed by atoms with Gasteiger partial charge in [-0.1, -0.05) is 66.7 Å². The number of pyridine rings is 1. The molecule has 140 valence electrons. The Bertz CT molecular complexity index is 1290. The van der Waals surface area contributed by atoms with Crippen molar-refractivity contribution in [2.75, 3.05) is 0 Å². The average molecular weight is 375 g/mol. The van der Waals surface area contributed by atoms with Crippen molar-refractivity contribution in [2.24, 2.45) is 0 Å². The van der Waals surface area contributed by atoms with Crippen molar-refractivity contribution in [1.82, 2.24) is 4.98 Å². The Hall–Kier alpha value is -3.65. The van der Waals surface area contributed by atoms with Gasteiger partial charge in [0, 0.05) is 16.5 Å². The molecular weight excluding hydrogens is 354 g/mol. The third kappa shape index (κ3) is 3.23. The van der Waals surface area contributed by atoms with Gasteiger partial charge in [-0.15, -0.1) is 0 Å². The first kappa shape index (κ1) is 17.4. The molecule has 2 nitrogen and oxygen atoms in total. The maximum Gasteiger partial charge on any atom is 0.227 e. The van der Waals surface area contributed by atoms with Crippen LogP contribution in [0.3, 0.4) is 0 Å². The predicted molar refractivity (Wildman–Crippen MR) is 120 cm³/mol. The molecule has 29 heavy (non-hydrogen) atoms. The molecule has 0 N–H and O–H groups in total. The van der Waals surface area contributed by atoms with Crippen molar-refractivity contribution in [2.45, 2.75) is 13.8 Å². The van der Waals surface area contributed by atoms with Gasteiger partial charge in [0.2, 0.25) is 5.71 Å². The smallest absolute Gasteiger partial charge is 0.227 e. The maximum absolute atomic E-state index is 6.18. The van der Waals surface area contributed by atoms with Gasteiger partial charge in [-0.2, -0.15) is 0 Å². The molecular formula is C27H21NO. The van der Waals surface area contributed by atoms with Crippen molar-refractivity contribution < 1.29 is 4.42 Å². The number of benzene rings is 3. The van der Waals surface area contributed by atoms with Crippen LogP contribution in [0.2, 0.25) is 0 Å². The fourth-order valence-electron chi connectivity index (χ4n) is 3.89. The summed E-state index contributed by atoms with van der Waals surface area (Å²) in [5.41, 5.74) is 8.62. The van der Waals surface area contributed by atoms with E-state index >= 15 is 0 Å². The number of aryl methyl sites for hydroxylation is 2. The van der Waals surface area contributed by atoms with Gasteiger partial charge in [0.15, 0.2) is 0 Å². The second kappa shape index (κ2) is 7.06. The van der Waals surface area contributed by atoms with Crippen molar-refractivity contribution in [3.63, 3.8) is 0 Å². The van der Waals surface area contributed by atoms with Crippen LogP contribution in [0, 0.1) is 13.8 Å². The van der Waals surface area contributed by atoms with E-state index in [0.717, 1.165) is 28.0 Å². The largest absolute Gasteiger partial charge is 0.438 e. The molecule has 0 aliphatic carbocycles. The molecule has 0 amide bonds. The zero-order chi connectivity index (χ0) is 19.8. The van der Waals surface area contributed by atoms with E-state index in [1.807, 2.05) is 6.07 Å². The first-order chi connectivity index (χ1) is 14.2. The van der Waals surface area contributed by atoms with Gasteiger partial charge in [0.25, 0.3) is 0 Å². The fourth-order valence-corrected chi connectivity index (χ4v) is 3.89. The Morgan fingerprint density at radius 1 is 0.621 bits per heavy atom. The molecule has 0 bridgehead atoms. The van der Waals surface area contributed by atoms with Gasteiger partial charge in [0.1, 0.15) is 5.76 Å². The third-order valence-corrected chi connectivity index (χ3v) is 5.38. The Balaban J connectivity index is 1.58. The molecule has 2 aromatic heterocycles. The Morgan fingerprint density at radius 2 is 1.31 bits per heavy atom. The molecule has 2 heterocycles. The fraction of sp³-hybridized carbons (Fsp3) is 0.0741. The van der Waals surface area contributed by atoms with E-state index in [0.29, 0.717) is 5.71 Å². The van der Waals surface area contributed by atoms with Crippen LogP contribution in [0.15, 0.2) is 95.4 Å². The number of hydrogen-bond donors (Lipinski definition) is 0. The van der Waals surface area contributed by atoms with Crippen molar-refractivity contribution in [3.8, 4) is 33.7 Å². The van der Waals surface area contributed by atoms with Crippen LogP contribution in [0.25, 0.3) is 44.8 Å². The Labute approximate surface area is 170 Å². The topological polar surface area (TPSA) is 26.0 Å². The van der Waals surface area contributed by atoms with E-state index in [2.05, 4.69) is 98.8 Å². The average Bonchev–Trinajstić information content (AvgIpc) is 3.17. The second-order valence-electron chi connectivity index (χ2n) is 7.42. The number of nitrogens with zero attached hydrogens (tertiary/aromatic N) is 1. The molecule has 5 rings (SSSR count). The molecule has 0 saturated carbocycles. The van der Waals surface area contributed by atoms with Crippen LogP contribution in [-0.4, -0.2) is 4.98 Å². The maximum atomic E-state index is 6.18. The summed E-state index contributed by atoms with van der Waals surface area (Å²) in [5, 5.41) is 1.02. The summed E-state index contributed by atoms with van der Waals surface area (Å²) >= 11 is 0. The summed E-state index contributed by atoms with van der Waals surface area (Å²) in [4.78, 5) is 4.82. The van der Waals surface area contributed by atoms with Crippen LogP contribution in [0.5, 0.6) is 0 Å². The molecule has 0 radical (unpaired) electrons. The minimum atomic E-state index is 0.672. The zero-order valence-corrected chi connectivity index (χ0v) is 16.5. The number of fused-ring (bicyclic) bond motifs is 1. The van der Waals surface area contributed by atoms with E-state index in [9.17, 15) is 0 Å². The van der Waals surface area contributed by atoms with Gasteiger partial charge < -0.3 is 4.42 Å². The SMILES string of the molecule is Cc1cccc(C)c1-c1cc2ccc(-c3cccc(-c4ccccc4)c3)nc2o1. The summed E-state index contributed by atoms with van der Waals surface area (Å²) in [5.74, 6) is 0.873. The van der Waals surface area contributed by atoms with E-state index in [4.69, 9.17) is 9.40 Å². The molecule has 0 saturated heterocycles. The van der Waals surface area contributed by atoms with Gasteiger partial charge in [-0.05, 0) is 60.4 Å². The summed E-state index contributed by atoms with van der Waals surface area (Å²) < 4.78 is 6.18. The molecule has 2 heteroatoms. The van der Waals surface area contributed by atoms with E-state index in [-0.39, 0.29) is 0 Å². The van der Waals surface area contributed by atoms with Crippen LogP contribution < -0.4 is 0 Å². The standard InChI is InChI=1S/C27H21NO/c1-18-8-6-9-19(2)26(18)25-17-23-14-15-24(28-27(23)29-25)22-13-7-12-21(16-22)20-10-4-3-5-11-20/h3-17H,1-2H3. The highest BCUT2D eigenvalue weighted by Crippen LogP contribution is 2.33. The number of hydrogen-bond acceptors (Lipinski definition) is 2. The lowest BCUT2D eigenvalue weighted by molar-refractivity contribution is 0.618. The van der Waals surface area contributed by atoms with Crippen LogP contribution >= 0.6 is 0 Å². The number of furan rings is 1. The first-order valence-corrected chi connectivity index (χ1v) is 9.82. The van der Waals surface area contributed by atoms with E-state index in [1.54, 1.807) is 0 Å². The van der Waals surface area contributed by atoms with Crippen molar-refractivity contribution in [3.05, 3.63) is 102 Å². The van der Waals surface area contributed by atoms with Crippen LogP contribution in [0.4, 0.5) is 0 Å². The summed E-state index contributed by atoms with van der Waals surface area (Å²) in [6.45, 7) is 4.23. The Morgan fingerprint density at radius 3 is 2.10 bits per heavy atom. The highest BCUT2D eigenvalue weighted by atomic mass is 16.3. The molecule has 0 unspecified atom stereocenters. The normalized spacial score (nSPS) is 11.1. The minimum absolute atomic E-state index is 0.672. The first-order valence-electron chi connectivity index (χ1n) is 9.82. The molecule has 0 aliphatic rings. The highest BCUT2D eigenvalue weighted by molar-refractivity contribution is 5.84. The minimum Gasteiger partial charge on any atom is -0.438 e. The molecule has 0 atom stereocenters. The monoisotopic (exact) mass is 375 g/mol. The van der Waals surface area contributed by atoms with Gasteiger partial charge >= 0.3 is 0 Å². The predicted octanol–water partition coefficient (Wildman–Crippen LogP) is 7.45. The van der Waals surface area contributed by atoms with Crippen LogP contribution in [0.1, 0.15) is 11.1 Å². The lowest BCUT2D eigenvalue weighted by Gasteiger charge is -2.06. The molecule has 3 aromatic carbocycles. The molecule has 0 fully saturated rings. The lowest BCUT2D eigenvalue weighted by Crippen LogP contribution is -1.85. The summed E-state index contributed by atoms with van der Waals surface area (Å²) in [6, 6.07) is 31.4. The van der Waals surface area contributed by atoms with Crippen LogP contribution in [-0.2, 0) is 0 Å². The van der Waals surface area contributed by atoms with E-state index in [1.165, 1.54) is 22.3 Å². The van der Waals surface area contributed by atoms with Gasteiger partial charge in [0.05, 0.1) is 5.69 Å². The number of aromatic nitrogens is 1. The van der Waals surface area contributed by atoms with E-state index < -0.39 is 0 Å². The highest BCUT2D eigenvalue weighted by Gasteiger charge is 2.13. The Kier molecular flexibility index (Phi) is 4.25. The quantitative estimate of drug-likeness (QED) is 0.327.